The van der Waals surface area contributed by atoms with E-state index in [-0.39, 0.29) is 11.9 Å². The fraction of sp³-hybridized carbons (Fsp3) is 0.250. The molecule has 1 atom stereocenters. The van der Waals surface area contributed by atoms with E-state index in [2.05, 4.69) is 33.7 Å². The second kappa shape index (κ2) is 5.69. The number of H-pyrrole nitrogens is 1. The molecule has 108 valence electrons. The number of fused-ring (bicyclic) bond motifs is 1. The summed E-state index contributed by atoms with van der Waals surface area (Å²) >= 11 is 1.69. The van der Waals surface area contributed by atoms with Crippen molar-refractivity contribution < 1.29 is 4.79 Å². The first-order valence-corrected chi connectivity index (χ1v) is 7.81. The maximum absolute atomic E-state index is 12.6. The molecule has 0 radical (unpaired) electrons. The smallest absolute Gasteiger partial charge is 0.253 e. The highest BCUT2D eigenvalue weighted by Gasteiger charge is 2.18. The summed E-state index contributed by atoms with van der Waals surface area (Å²) in [5.41, 5.74) is 3.72. The summed E-state index contributed by atoms with van der Waals surface area (Å²) in [6.07, 6.45) is 2.51. The van der Waals surface area contributed by atoms with Crippen molar-refractivity contribution in [1.82, 2.24) is 14.9 Å². The van der Waals surface area contributed by atoms with E-state index < -0.39 is 0 Å². The van der Waals surface area contributed by atoms with Gasteiger partial charge in [0.2, 0.25) is 0 Å². The Morgan fingerprint density at radius 3 is 3.05 bits per heavy atom. The fourth-order valence-electron chi connectivity index (χ4n) is 2.36. The first-order valence-electron chi connectivity index (χ1n) is 6.86. The number of carbonyl (C=O) groups is 1. The highest BCUT2D eigenvalue weighted by molar-refractivity contribution is 7.07. The highest BCUT2D eigenvalue weighted by atomic mass is 32.1. The predicted molar refractivity (Wildman–Crippen MR) is 85.7 cm³/mol. The zero-order chi connectivity index (χ0) is 14.8. The maximum atomic E-state index is 12.6. The van der Waals surface area contributed by atoms with Crippen LogP contribution in [0.15, 0.2) is 41.4 Å². The molecule has 2 aromatic heterocycles. The number of hydrogen-bond acceptors (Lipinski definition) is 3. The van der Waals surface area contributed by atoms with E-state index in [9.17, 15) is 4.79 Å². The van der Waals surface area contributed by atoms with E-state index in [0.29, 0.717) is 5.56 Å². The van der Waals surface area contributed by atoms with E-state index >= 15 is 0 Å². The SMILES string of the molecule is CC(Cc1ccsc1)N(C)C(=O)c1ccc2nc[nH]c2c1. The van der Waals surface area contributed by atoms with Gasteiger partial charge in [0.15, 0.2) is 0 Å². The lowest BCUT2D eigenvalue weighted by molar-refractivity contribution is 0.0743. The molecule has 2 heterocycles. The van der Waals surface area contributed by atoms with Gasteiger partial charge in [-0.15, -0.1) is 0 Å². The van der Waals surface area contributed by atoms with Gasteiger partial charge in [-0.1, -0.05) is 0 Å². The Labute approximate surface area is 127 Å². The fourth-order valence-corrected chi connectivity index (χ4v) is 3.04. The van der Waals surface area contributed by atoms with Crippen LogP contribution in [0.25, 0.3) is 11.0 Å². The lowest BCUT2D eigenvalue weighted by Gasteiger charge is -2.25. The van der Waals surface area contributed by atoms with Crippen LogP contribution in [-0.4, -0.2) is 33.9 Å². The van der Waals surface area contributed by atoms with Crippen LogP contribution < -0.4 is 0 Å². The van der Waals surface area contributed by atoms with Gasteiger partial charge in [-0.3, -0.25) is 4.79 Å². The number of rotatable bonds is 4. The number of likely N-dealkylation sites (N-methyl/N-ethyl adjacent to an activating group) is 1. The lowest BCUT2D eigenvalue weighted by Crippen LogP contribution is -2.36. The van der Waals surface area contributed by atoms with Crippen LogP contribution >= 0.6 is 11.3 Å². The third-order valence-electron chi connectivity index (χ3n) is 3.76. The Morgan fingerprint density at radius 1 is 1.43 bits per heavy atom. The molecule has 5 heteroatoms. The van der Waals surface area contributed by atoms with Gasteiger partial charge in [0.25, 0.3) is 5.91 Å². The Balaban J connectivity index is 1.76. The number of thiophene rings is 1. The minimum atomic E-state index is 0.0363. The van der Waals surface area contributed by atoms with Crippen molar-refractivity contribution in [3.05, 3.63) is 52.5 Å². The largest absolute Gasteiger partial charge is 0.345 e. The molecule has 0 aliphatic carbocycles. The zero-order valence-corrected chi connectivity index (χ0v) is 12.9. The number of nitrogens with zero attached hydrogens (tertiary/aromatic N) is 2. The molecular formula is C16H17N3OS. The summed E-state index contributed by atoms with van der Waals surface area (Å²) in [4.78, 5) is 21.6. The van der Waals surface area contributed by atoms with Crippen LogP contribution in [-0.2, 0) is 6.42 Å². The normalized spacial score (nSPS) is 12.5. The first kappa shape index (κ1) is 13.8. The molecule has 0 saturated carbocycles. The van der Waals surface area contributed by atoms with E-state index in [1.807, 2.05) is 25.2 Å². The van der Waals surface area contributed by atoms with Crippen molar-refractivity contribution in [2.24, 2.45) is 0 Å². The monoisotopic (exact) mass is 299 g/mol. The summed E-state index contributed by atoms with van der Waals surface area (Å²) in [7, 11) is 1.86. The molecule has 3 aromatic rings. The quantitative estimate of drug-likeness (QED) is 0.803. The van der Waals surface area contributed by atoms with Crippen LogP contribution in [0.3, 0.4) is 0 Å². The topological polar surface area (TPSA) is 49.0 Å². The van der Waals surface area contributed by atoms with Crippen LogP contribution in [0.4, 0.5) is 0 Å². The second-order valence-electron chi connectivity index (χ2n) is 5.24. The number of benzene rings is 1. The van der Waals surface area contributed by atoms with E-state index in [1.165, 1.54) is 5.56 Å². The predicted octanol–water partition coefficient (Wildman–Crippen LogP) is 3.33. The van der Waals surface area contributed by atoms with Gasteiger partial charge in [0.1, 0.15) is 0 Å². The molecule has 0 aliphatic heterocycles. The number of hydrogen-bond donors (Lipinski definition) is 1. The number of carbonyl (C=O) groups excluding carboxylic acids is 1. The molecule has 3 rings (SSSR count). The van der Waals surface area contributed by atoms with Crippen molar-refractivity contribution in [1.29, 1.82) is 0 Å². The molecule has 0 aliphatic rings. The number of aromatic amines is 1. The molecule has 1 N–H and O–H groups in total. The summed E-state index contributed by atoms with van der Waals surface area (Å²) in [5, 5.41) is 4.20. The van der Waals surface area contributed by atoms with Gasteiger partial charge in [-0.25, -0.2) is 4.98 Å². The standard InChI is InChI=1S/C16H17N3OS/c1-11(7-12-5-6-21-9-12)19(2)16(20)13-3-4-14-15(8-13)18-10-17-14/h3-6,8-11H,7H2,1-2H3,(H,17,18). The third kappa shape index (κ3) is 2.83. The molecule has 1 amide bonds. The third-order valence-corrected chi connectivity index (χ3v) is 4.49. The Bertz CT molecular complexity index is 748. The summed E-state index contributed by atoms with van der Waals surface area (Å²) in [5.74, 6) is 0.0363. The minimum Gasteiger partial charge on any atom is -0.345 e. The van der Waals surface area contributed by atoms with Gasteiger partial charge in [-0.05, 0) is 53.9 Å². The van der Waals surface area contributed by atoms with Gasteiger partial charge >= 0.3 is 0 Å². The van der Waals surface area contributed by atoms with Crippen molar-refractivity contribution in [2.45, 2.75) is 19.4 Å². The zero-order valence-electron chi connectivity index (χ0n) is 12.0. The number of imidazole rings is 1. The van der Waals surface area contributed by atoms with E-state index in [4.69, 9.17) is 0 Å². The Morgan fingerprint density at radius 2 is 2.29 bits per heavy atom. The maximum Gasteiger partial charge on any atom is 0.253 e. The van der Waals surface area contributed by atoms with Crippen LogP contribution in [0, 0.1) is 0 Å². The molecule has 0 fully saturated rings. The van der Waals surface area contributed by atoms with Crippen molar-refractivity contribution in [3.63, 3.8) is 0 Å². The molecule has 0 spiro atoms. The highest BCUT2D eigenvalue weighted by Crippen LogP contribution is 2.16. The molecule has 0 bridgehead atoms. The van der Waals surface area contributed by atoms with Crippen molar-refractivity contribution >= 4 is 28.3 Å². The molecule has 21 heavy (non-hydrogen) atoms. The number of amides is 1. The van der Waals surface area contributed by atoms with Gasteiger partial charge in [-0.2, -0.15) is 11.3 Å². The number of nitrogens with one attached hydrogen (secondary N) is 1. The van der Waals surface area contributed by atoms with Gasteiger partial charge < -0.3 is 9.88 Å². The molecule has 0 saturated heterocycles. The number of aromatic nitrogens is 2. The van der Waals surface area contributed by atoms with Crippen LogP contribution in [0.2, 0.25) is 0 Å². The van der Waals surface area contributed by atoms with E-state index in [0.717, 1.165) is 17.5 Å². The van der Waals surface area contributed by atoms with Crippen molar-refractivity contribution in [2.75, 3.05) is 7.05 Å². The lowest BCUT2D eigenvalue weighted by atomic mass is 10.1. The Hall–Kier alpha value is -2.14. The van der Waals surface area contributed by atoms with Crippen LogP contribution in [0.1, 0.15) is 22.8 Å². The molecule has 1 aromatic carbocycles. The Kier molecular flexibility index (Phi) is 3.75. The van der Waals surface area contributed by atoms with Gasteiger partial charge in [0.05, 0.1) is 17.4 Å². The van der Waals surface area contributed by atoms with Crippen molar-refractivity contribution in [3.8, 4) is 0 Å². The summed E-state index contributed by atoms with van der Waals surface area (Å²) < 4.78 is 0. The molecular weight excluding hydrogens is 282 g/mol. The first-order chi connectivity index (χ1) is 10.1. The van der Waals surface area contributed by atoms with Gasteiger partial charge in [0, 0.05) is 18.7 Å². The summed E-state index contributed by atoms with van der Waals surface area (Å²) in [6, 6.07) is 7.83. The van der Waals surface area contributed by atoms with E-state index in [1.54, 1.807) is 22.6 Å². The molecule has 4 nitrogen and oxygen atoms in total. The van der Waals surface area contributed by atoms with Crippen LogP contribution in [0.5, 0.6) is 0 Å². The second-order valence-corrected chi connectivity index (χ2v) is 6.02. The average molecular weight is 299 g/mol. The minimum absolute atomic E-state index is 0.0363. The summed E-state index contributed by atoms with van der Waals surface area (Å²) in [6.45, 7) is 2.07. The average Bonchev–Trinajstić information content (AvgIpc) is 3.15. The molecule has 1 unspecified atom stereocenters.